The molecule has 0 bridgehead atoms. The predicted octanol–water partition coefficient (Wildman–Crippen LogP) is 4.92. The molecule has 0 saturated carbocycles. The third kappa shape index (κ3) is 3.30. The minimum Gasteiger partial charge on any atom is -0.206 e. The van der Waals surface area contributed by atoms with Gasteiger partial charge in [-0.1, -0.05) is 41.9 Å². The van der Waals surface area contributed by atoms with E-state index >= 15 is 0 Å². The number of rotatable bonds is 3. The lowest BCUT2D eigenvalue weighted by Gasteiger charge is -2.14. The Morgan fingerprint density at radius 1 is 1.20 bits per heavy atom. The van der Waals surface area contributed by atoms with Gasteiger partial charge >= 0.3 is 0 Å². The molecule has 1 aromatic carbocycles. The number of halogens is 2. The van der Waals surface area contributed by atoms with E-state index in [-0.39, 0.29) is 5.82 Å². The van der Waals surface area contributed by atoms with Crippen LogP contribution in [-0.2, 0) is 0 Å². The normalized spacial score (nSPS) is 13.3. The van der Waals surface area contributed by atoms with Crippen LogP contribution in [0.15, 0.2) is 12.1 Å². The minimum absolute atomic E-state index is 0.0806. The molecule has 0 N–H and O–H groups in total. The van der Waals surface area contributed by atoms with Crippen LogP contribution in [0.1, 0.15) is 41.8 Å². The second-order valence-electron chi connectivity index (χ2n) is 4.57. The van der Waals surface area contributed by atoms with Crippen molar-refractivity contribution >= 4 is 15.9 Å². The number of aryl methyl sites for hydroxylation is 2. The molecule has 1 aromatic rings. The van der Waals surface area contributed by atoms with Gasteiger partial charge in [-0.05, 0) is 42.9 Å². The van der Waals surface area contributed by atoms with Crippen LogP contribution in [-0.4, -0.2) is 0 Å². The fourth-order valence-electron chi connectivity index (χ4n) is 1.71. The van der Waals surface area contributed by atoms with Crippen molar-refractivity contribution in [3.05, 3.63) is 34.6 Å². The second-order valence-corrected chi connectivity index (χ2v) is 5.67. The Morgan fingerprint density at radius 2 is 1.67 bits per heavy atom. The Balaban J connectivity index is 2.95. The van der Waals surface area contributed by atoms with Crippen molar-refractivity contribution in [2.75, 3.05) is 0 Å². The zero-order valence-electron chi connectivity index (χ0n) is 9.77. The highest BCUT2D eigenvalue weighted by atomic mass is 79.9. The van der Waals surface area contributed by atoms with Crippen molar-refractivity contribution in [2.45, 2.75) is 38.9 Å². The molecule has 0 nitrogen and oxygen atoms in total. The van der Waals surface area contributed by atoms with E-state index in [9.17, 15) is 4.39 Å². The molecule has 0 aliphatic carbocycles. The Bertz CT molecular complexity index is 321. The van der Waals surface area contributed by atoms with Crippen molar-refractivity contribution in [2.24, 2.45) is 5.92 Å². The largest absolute Gasteiger partial charge is 0.206 e. The first-order valence-electron chi connectivity index (χ1n) is 5.32. The van der Waals surface area contributed by atoms with Gasteiger partial charge in [0.25, 0.3) is 0 Å². The van der Waals surface area contributed by atoms with Gasteiger partial charge in [-0.25, -0.2) is 4.39 Å². The summed E-state index contributed by atoms with van der Waals surface area (Å²) in [5.41, 5.74) is 2.65. The molecular formula is C13H18BrF. The van der Waals surface area contributed by atoms with E-state index in [4.69, 9.17) is 0 Å². The number of hydrogen-bond donors (Lipinski definition) is 0. The molecule has 0 aromatic heterocycles. The Kier molecular flexibility index (Phi) is 4.32. The third-order valence-corrected chi connectivity index (χ3v) is 3.40. The molecule has 0 aliphatic rings. The average molecular weight is 273 g/mol. The van der Waals surface area contributed by atoms with E-state index in [1.54, 1.807) is 0 Å². The van der Waals surface area contributed by atoms with Gasteiger partial charge in [0.05, 0.1) is 0 Å². The summed E-state index contributed by atoms with van der Waals surface area (Å²) in [6.45, 7) is 8.02. The molecule has 0 spiro atoms. The van der Waals surface area contributed by atoms with Crippen molar-refractivity contribution in [1.29, 1.82) is 0 Å². The highest BCUT2D eigenvalue weighted by Gasteiger charge is 2.12. The van der Waals surface area contributed by atoms with Crippen LogP contribution in [0, 0.1) is 25.6 Å². The van der Waals surface area contributed by atoms with Crippen LogP contribution in [0.25, 0.3) is 0 Å². The summed E-state index contributed by atoms with van der Waals surface area (Å²) in [5, 5.41) is 0. The van der Waals surface area contributed by atoms with Gasteiger partial charge in [-0.15, -0.1) is 0 Å². The van der Waals surface area contributed by atoms with Crippen molar-refractivity contribution in [3.8, 4) is 0 Å². The highest BCUT2D eigenvalue weighted by Crippen LogP contribution is 2.31. The van der Waals surface area contributed by atoms with E-state index < -0.39 is 0 Å². The lowest BCUT2D eigenvalue weighted by Crippen LogP contribution is -1.99. The van der Waals surface area contributed by atoms with Crippen LogP contribution in [0.5, 0.6) is 0 Å². The van der Waals surface area contributed by atoms with Crippen LogP contribution >= 0.6 is 15.9 Å². The van der Waals surface area contributed by atoms with Crippen LogP contribution in [0.4, 0.5) is 4.39 Å². The van der Waals surface area contributed by atoms with E-state index in [0.717, 1.165) is 17.5 Å². The molecule has 2 heteroatoms. The fraction of sp³-hybridized carbons (Fsp3) is 0.538. The molecule has 1 atom stereocenters. The smallest absolute Gasteiger partial charge is 0.129 e. The Labute approximate surface area is 100 Å². The van der Waals surface area contributed by atoms with E-state index in [2.05, 4.69) is 29.8 Å². The predicted molar refractivity (Wildman–Crippen MR) is 67.0 cm³/mol. The molecule has 1 unspecified atom stereocenters. The third-order valence-electron chi connectivity index (χ3n) is 2.50. The molecule has 0 heterocycles. The van der Waals surface area contributed by atoms with Gasteiger partial charge in [-0.3, -0.25) is 0 Å². The highest BCUT2D eigenvalue weighted by molar-refractivity contribution is 9.09. The Hall–Kier alpha value is -0.370. The van der Waals surface area contributed by atoms with Gasteiger partial charge in [0.15, 0.2) is 0 Å². The molecule has 84 valence electrons. The zero-order valence-corrected chi connectivity index (χ0v) is 11.4. The standard InChI is InChI=1S/C13H18BrF/c1-8(2)5-12(14)11-6-9(3)13(15)10(4)7-11/h6-8,12H,5H2,1-4H3. The van der Waals surface area contributed by atoms with Crippen molar-refractivity contribution in [3.63, 3.8) is 0 Å². The van der Waals surface area contributed by atoms with Gasteiger partial charge in [-0.2, -0.15) is 0 Å². The maximum absolute atomic E-state index is 13.4. The molecule has 0 radical (unpaired) electrons. The van der Waals surface area contributed by atoms with Crippen molar-refractivity contribution in [1.82, 2.24) is 0 Å². The molecule has 0 saturated heterocycles. The van der Waals surface area contributed by atoms with Crippen LogP contribution in [0.2, 0.25) is 0 Å². The van der Waals surface area contributed by atoms with E-state index in [1.165, 1.54) is 5.56 Å². The number of benzene rings is 1. The summed E-state index contributed by atoms with van der Waals surface area (Å²) in [7, 11) is 0. The topological polar surface area (TPSA) is 0 Å². The average Bonchev–Trinajstić information content (AvgIpc) is 2.12. The molecular weight excluding hydrogens is 255 g/mol. The minimum atomic E-state index is -0.0806. The molecule has 0 amide bonds. The van der Waals surface area contributed by atoms with E-state index in [0.29, 0.717) is 10.7 Å². The molecule has 1 rings (SSSR count). The first-order valence-corrected chi connectivity index (χ1v) is 6.24. The van der Waals surface area contributed by atoms with Gasteiger partial charge in [0.1, 0.15) is 5.82 Å². The number of alkyl halides is 1. The van der Waals surface area contributed by atoms with Gasteiger partial charge in [0.2, 0.25) is 0 Å². The quantitative estimate of drug-likeness (QED) is 0.685. The second kappa shape index (κ2) is 5.11. The number of hydrogen-bond acceptors (Lipinski definition) is 0. The first-order chi connectivity index (χ1) is 6.91. The summed E-state index contributed by atoms with van der Waals surface area (Å²) >= 11 is 3.66. The summed E-state index contributed by atoms with van der Waals surface area (Å²) in [4.78, 5) is 0.329. The summed E-state index contributed by atoms with van der Waals surface area (Å²) in [6.07, 6.45) is 1.07. The monoisotopic (exact) mass is 272 g/mol. The summed E-state index contributed by atoms with van der Waals surface area (Å²) < 4.78 is 13.4. The SMILES string of the molecule is Cc1cc(C(Br)CC(C)C)cc(C)c1F. The maximum atomic E-state index is 13.4. The lowest BCUT2D eigenvalue weighted by atomic mass is 9.99. The Morgan fingerprint density at radius 3 is 2.07 bits per heavy atom. The molecule has 0 fully saturated rings. The maximum Gasteiger partial charge on any atom is 0.129 e. The zero-order chi connectivity index (χ0) is 11.6. The van der Waals surface area contributed by atoms with Gasteiger partial charge in [0, 0.05) is 4.83 Å². The van der Waals surface area contributed by atoms with Crippen molar-refractivity contribution < 1.29 is 4.39 Å². The van der Waals surface area contributed by atoms with E-state index in [1.807, 2.05) is 26.0 Å². The van der Waals surface area contributed by atoms with Crippen LogP contribution in [0.3, 0.4) is 0 Å². The molecule has 15 heavy (non-hydrogen) atoms. The molecule has 0 aliphatic heterocycles. The van der Waals surface area contributed by atoms with Gasteiger partial charge < -0.3 is 0 Å². The first kappa shape index (κ1) is 12.7. The fourth-order valence-corrected chi connectivity index (χ4v) is 2.72. The summed E-state index contributed by atoms with van der Waals surface area (Å²) in [6, 6.07) is 3.87. The van der Waals surface area contributed by atoms with Crippen LogP contribution < -0.4 is 0 Å². The lowest BCUT2D eigenvalue weighted by molar-refractivity contribution is 0.579. The summed E-state index contributed by atoms with van der Waals surface area (Å²) in [5.74, 6) is 0.558.